The Morgan fingerprint density at radius 2 is 1.83 bits per heavy atom. The van der Waals surface area contributed by atoms with E-state index in [1.807, 2.05) is 0 Å². The van der Waals surface area contributed by atoms with E-state index in [0.29, 0.717) is 17.5 Å². The van der Waals surface area contributed by atoms with E-state index in [4.69, 9.17) is 15.2 Å². The van der Waals surface area contributed by atoms with Crippen LogP contribution in [0.3, 0.4) is 0 Å². The highest BCUT2D eigenvalue weighted by atomic mass is 32.1. The molecular weight excluding hydrogens is 393 g/mol. The Morgan fingerprint density at radius 1 is 1.17 bits per heavy atom. The molecule has 3 aromatic rings. The number of nitrogens with two attached hydrogens (primary N) is 1. The summed E-state index contributed by atoms with van der Waals surface area (Å²) < 4.78 is 23.9. The summed E-state index contributed by atoms with van der Waals surface area (Å²) in [4.78, 5) is 15.5. The van der Waals surface area contributed by atoms with Crippen molar-refractivity contribution in [3.63, 3.8) is 0 Å². The molecule has 1 aromatic heterocycles. The monoisotopic (exact) mass is 417 g/mol. The number of carbonyl (C=O) groups is 1. The minimum atomic E-state index is -0.561. The van der Waals surface area contributed by atoms with Crippen LogP contribution in [0, 0.1) is 5.82 Å². The third kappa shape index (κ3) is 5.14. The number of nitrogens with zero attached hydrogens (tertiary/aromatic N) is 1. The SMILES string of the molecule is COc1cccc(OC)c1C(N)=O.Fc1ccc2nc(NC3CCCC3)sc2c1. The minimum absolute atomic E-state index is 0.191. The summed E-state index contributed by atoms with van der Waals surface area (Å²) in [5.41, 5.74) is 6.32. The molecule has 29 heavy (non-hydrogen) atoms. The number of nitrogens with one attached hydrogen (secondary N) is 1. The largest absolute Gasteiger partial charge is 0.496 e. The fourth-order valence-corrected chi connectivity index (χ4v) is 4.27. The zero-order valence-corrected chi connectivity index (χ0v) is 17.2. The second-order valence-corrected chi connectivity index (χ2v) is 7.69. The number of primary amides is 1. The third-order valence-electron chi connectivity index (χ3n) is 4.71. The molecule has 1 aliphatic carbocycles. The average molecular weight is 418 g/mol. The van der Waals surface area contributed by atoms with Gasteiger partial charge in [-0.15, -0.1) is 0 Å². The summed E-state index contributed by atoms with van der Waals surface area (Å²) in [6, 6.07) is 10.3. The van der Waals surface area contributed by atoms with Gasteiger partial charge in [0.15, 0.2) is 5.13 Å². The number of benzene rings is 2. The van der Waals surface area contributed by atoms with Crippen molar-refractivity contribution in [1.82, 2.24) is 4.98 Å². The number of anilines is 1. The van der Waals surface area contributed by atoms with Gasteiger partial charge in [-0.25, -0.2) is 9.37 Å². The molecule has 0 aliphatic heterocycles. The molecule has 0 spiro atoms. The zero-order chi connectivity index (χ0) is 20.8. The molecule has 1 saturated carbocycles. The highest BCUT2D eigenvalue weighted by Gasteiger charge is 2.16. The van der Waals surface area contributed by atoms with Crippen molar-refractivity contribution in [1.29, 1.82) is 0 Å². The Bertz CT molecular complexity index is 964. The molecule has 8 heteroatoms. The Kier molecular flexibility index (Phi) is 6.87. The molecule has 3 N–H and O–H groups in total. The lowest BCUT2D eigenvalue weighted by Gasteiger charge is -2.09. The molecule has 0 unspecified atom stereocenters. The Labute approximate surface area is 172 Å². The number of ether oxygens (including phenoxy) is 2. The predicted octanol–water partition coefficient (Wildman–Crippen LogP) is 4.59. The smallest absolute Gasteiger partial charge is 0.256 e. The van der Waals surface area contributed by atoms with Gasteiger partial charge in [-0.05, 0) is 43.2 Å². The van der Waals surface area contributed by atoms with Gasteiger partial charge >= 0.3 is 0 Å². The summed E-state index contributed by atoms with van der Waals surface area (Å²) >= 11 is 1.54. The van der Waals surface area contributed by atoms with E-state index in [1.165, 1.54) is 57.3 Å². The van der Waals surface area contributed by atoms with Gasteiger partial charge in [0.05, 0.1) is 24.4 Å². The van der Waals surface area contributed by atoms with Crippen molar-refractivity contribution in [2.75, 3.05) is 19.5 Å². The van der Waals surface area contributed by atoms with Crippen LogP contribution in [-0.2, 0) is 0 Å². The standard InChI is InChI=1S/C12H13FN2S.C9H11NO3/c13-8-5-6-10-11(7-8)16-12(15-10)14-9-3-1-2-4-9;1-12-6-4-3-5-7(13-2)8(6)9(10)11/h5-7,9H,1-4H2,(H,14,15);3-5H,1-2H3,(H2,10,11). The summed E-state index contributed by atoms with van der Waals surface area (Å²) in [5.74, 6) is 0.0940. The van der Waals surface area contributed by atoms with Crippen molar-refractivity contribution in [3.8, 4) is 11.5 Å². The van der Waals surface area contributed by atoms with Gasteiger partial charge in [0.1, 0.15) is 22.9 Å². The number of methoxy groups -OCH3 is 2. The van der Waals surface area contributed by atoms with Crippen LogP contribution in [-0.4, -0.2) is 31.2 Å². The molecule has 154 valence electrons. The molecule has 0 atom stereocenters. The second-order valence-electron chi connectivity index (χ2n) is 6.66. The molecule has 1 fully saturated rings. The number of carbonyl (C=O) groups excluding carboxylic acids is 1. The number of rotatable bonds is 5. The molecule has 2 aromatic carbocycles. The van der Waals surface area contributed by atoms with Crippen LogP contribution < -0.4 is 20.5 Å². The minimum Gasteiger partial charge on any atom is -0.496 e. The molecule has 1 heterocycles. The first kappa shape index (κ1) is 20.9. The van der Waals surface area contributed by atoms with Crippen molar-refractivity contribution >= 4 is 32.6 Å². The maximum absolute atomic E-state index is 13.0. The molecule has 0 saturated heterocycles. The fourth-order valence-electron chi connectivity index (χ4n) is 3.30. The number of hydrogen-bond donors (Lipinski definition) is 2. The quantitative estimate of drug-likeness (QED) is 0.634. The predicted molar refractivity (Wildman–Crippen MR) is 114 cm³/mol. The van der Waals surface area contributed by atoms with E-state index in [-0.39, 0.29) is 11.4 Å². The van der Waals surface area contributed by atoms with Crippen molar-refractivity contribution in [2.24, 2.45) is 5.73 Å². The van der Waals surface area contributed by atoms with Crippen molar-refractivity contribution < 1.29 is 18.7 Å². The average Bonchev–Trinajstić information content (AvgIpc) is 3.36. The van der Waals surface area contributed by atoms with Crippen LogP contribution in [0.5, 0.6) is 11.5 Å². The lowest BCUT2D eigenvalue weighted by atomic mass is 10.1. The number of amides is 1. The number of hydrogen-bond acceptors (Lipinski definition) is 6. The molecule has 0 bridgehead atoms. The Morgan fingerprint density at radius 3 is 2.41 bits per heavy atom. The van der Waals surface area contributed by atoms with Gasteiger partial charge < -0.3 is 20.5 Å². The molecule has 1 amide bonds. The number of thiazole rings is 1. The third-order valence-corrected chi connectivity index (χ3v) is 5.66. The highest BCUT2D eigenvalue weighted by Crippen LogP contribution is 2.30. The first-order valence-electron chi connectivity index (χ1n) is 9.35. The number of aromatic nitrogens is 1. The van der Waals surface area contributed by atoms with Gasteiger partial charge in [-0.3, -0.25) is 4.79 Å². The zero-order valence-electron chi connectivity index (χ0n) is 16.4. The lowest BCUT2D eigenvalue weighted by molar-refractivity contribution is 0.0994. The van der Waals surface area contributed by atoms with E-state index in [0.717, 1.165) is 15.3 Å². The summed E-state index contributed by atoms with van der Waals surface area (Å²) in [6.45, 7) is 0. The summed E-state index contributed by atoms with van der Waals surface area (Å²) in [6.07, 6.45) is 5.06. The van der Waals surface area contributed by atoms with E-state index in [9.17, 15) is 9.18 Å². The molecular formula is C21H24FN3O3S. The Balaban J connectivity index is 0.000000170. The molecule has 0 radical (unpaired) electrons. The first-order chi connectivity index (χ1) is 14.0. The van der Waals surface area contributed by atoms with E-state index in [1.54, 1.807) is 30.3 Å². The fraction of sp³-hybridized carbons (Fsp3) is 0.333. The Hall–Kier alpha value is -2.87. The second kappa shape index (κ2) is 9.56. The lowest BCUT2D eigenvalue weighted by Crippen LogP contribution is -2.13. The van der Waals surface area contributed by atoms with Crippen LogP contribution in [0.1, 0.15) is 36.0 Å². The molecule has 4 rings (SSSR count). The van der Waals surface area contributed by atoms with Gasteiger partial charge in [0.2, 0.25) is 0 Å². The molecule has 1 aliphatic rings. The van der Waals surface area contributed by atoms with Crippen LogP contribution in [0.4, 0.5) is 9.52 Å². The van der Waals surface area contributed by atoms with Crippen molar-refractivity contribution in [3.05, 3.63) is 47.8 Å². The first-order valence-corrected chi connectivity index (χ1v) is 10.2. The van der Waals surface area contributed by atoms with E-state index in [2.05, 4.69) is 10.3 Å². The summed E-state index contributed by atoms with van der Waals surface area (Å²) in [7, 11) is 2.95. The molecule has 6 nitrogen and oxygen atoms in total. The maximum Gasteiger partial charge on any atom is 0.256 e. The van der Waals surface area contributed by atoms with Crippen LogP contribution in [0.25, 0.3) is 10.2 Å². The number of halogens is 1. The van der Waals surface area contributed by atoms with Gasteiger partial charge in [0.25, 0.3) is 5.91 Å². The van der Waals surface area contributed by atoms with E-state index >= 15 is 0 Å². The van der Waals surface area contributed by atoms with Gasteiger partial charge in [0, 0.05) is 6.04 Å². The summed E-state index contributed by atoms with van der Waals surface area (Å²) in [5, 5.41) is 4.36. The van der Waals surface area contributed by atoms with Crippen LogP contribution >= 0.6 is 11.3 Å². The van der Waals surface area contributed by atoms with Gasteiger partial charge in [-0.2, -0.15) is 0 Å². The normalized spacial score (nSPS) is 13.6. The van der Waals surface area contributed by atoms with Crippen LogP contribution in [0.2, 0.25) is 0 Å². The highest BCUT2D eigenvalue weighted by molar-refractivity contribution is 7.22. The van der Waals surface area contributed by atoms with E-state index < -0.39 is 5.91 Å². The van der Waals surface area contributed by atoms with Crippen molar-refractivity contribution in [2.45, 2.75) is 31.7 Å². The maximum atomic E-state index is 13.0. The number of fused-ring (bicyclic) bond motifs is 1. The van der Waals surface area contributed by atoms with Crippen LogP contribution in [0.15, 0.2) is 36.4 Å². The topological polar surface area (TPSA) is 86.5 Å². The van der Waals surface area contributed by atoms with Gasteiger partial charge in [-0.1, -0.05) is 30.2 Å².